The molecular formula is C22H27FN2O2. The van der Waals surface area contributed by atoms with Gasteiger partial charge in [-0.25, -0.2) is 4.39 Å². The molecule has 0 saturated heterocycles. The molecule has 1 amide bonds. The standard InChI is InChI=1S/C22H27FN2O2/c23-20-9-7-18(8-10-20)15-25(21-11-12-21)16-22(26)24-13-4-14-27-17-19-5-2-1-3-6-19/h1-3,5-10,21H,4,11-17H2,(H,24,26). The molecule has 2 aromatic rings. The van der Waals surface area contributed by atoms with Crippen LogP contribution >= 0.6 is 0 Å². The Hall–Kier alpha value is -2.24. The number of amides is 1. The van der Waals surface area contributed by atoms with E-state index in [0.717, 1.165) is 30.4 Å². The fraction of sp³-hybridized carbons (Fsp3) is 0.409. The Bertz CT molecular complexity index is 702. The summed E-state index contributed by atoms with van der Waals surface area (Å²) in [6, 6.07) is 17.0. The van der Waals surface area contributed by atoms with Crippen molar-refractivity contribution in [1.82, 2.24) is 10.2 Å². The summed E-state index contributed by atoms with van der Waals surface area (Å²) in [5, 5.41) is 2.97. The van der Waals surface area contributed by atoms with Gasteiger partial charge in [-0.1, -0.05) is 42.5 Å². The maximum absolute atomic E-state index is 13.0. The second-order valence-corrected chi connectivity index (χ2v) is 7.00. The number of carbonyl (C=O) groups is 1. The highest BCUT2D eigenvalue weighted by Gasteiger charge is 2.30. The molecular weight excluding hydrogens is 343 g/mol. The normalized spacial score (nSPS) is 13.7. The topological polar surface area (TPSA) is 41.6 Å². The van der Waals surface area contributed by atoms with Crippen molar-refractivity contribution in [2.45, 2.75) is 38.5 Å². The fourth-order valence-corrected chi connectivity index (χ4v) is 2.98. The molecule has 0 heterocycles. The lowest BCUT2D eigenvalue weighted by molar-refractivity contribution is -0.122. The van der Waals surface area contributed by atoms with Gasteiger partial charge in [0, 0.05) is 25.7 Å². The monoisotopic (exact) mass is 370 g/mol. The van der Waals surface area contributed by atoms with Gasteiger partial charge in [0.2, 0.25) is 5.91 Å². The molecule has 0 aliphatic heterocycles. The summed E-state index contributed by atoms with van der Waals surface area (Å²) in [5.74, 6) is -0.198. The second-order valence-electron chi connectivity index (χ2n) is 7.00. The van der Waals surface area contributed by atoms with E-state index in [1.165, 1.54) is 12.1 Å². The fourth-order valence-electron chi connectivity index (χ4n) is 2.98. The lowest BCUT2D eigenvalue weighted by Gasteiger charge is -2.21. The Morgan fingerprint density at radius 2 is 1.81 bits per heavy atom. The van der Waals surface area contributed by atoms with Crippen LogP contribution in [0.2, 0.25) is 0 Å². The predicted molar refractivity (Wildman–Crippen MR) is 104 cm³/mol. The summed E-state index contributed by atoms with van der Waals surface area (Å²) in [6.07, 6.45) is 3.05. The van der Waals surface area contributed by atoms with Crippen molar-refractivity contribution < 1.29 is 13.9 Å². The number of nitrogens with one attached hydrogen (secondary N) is 1. The lowest BCUT2D eigenvalue weighted by Crippen LogP contribution is -2.38. The molecule has 1 fully saturated rings. The predicted octanol–water partition coefficient (Wildman–Crippen LogP) is 3.51. The molecule has 0 atom stereocenters. The first-order valence-corrected chi connectivity index (χ1v) is 9.57. The number of benzene rings is 2. The van der Waals surface area contributed by atoms with Crippen LogP contribution in [0.4, 0.5) is 4.39 Å². The first kappa shape index (κ1) is 19.5. The van der Waals surface area contributed by atoms with Crippen LogP contribution < -0.4 is 5.32 Å². The quantitative estimate of drug-likeness (QED) is 0.616. The molecule has 1 aliphatic carbocycles. The molecule has 5 heteroatoms. The molecule has 2 aromatic carbocycles. The number of ether oxygens (including phenoxy) is 1. The lowest BCUT2D eigenvalue weighted by atomic mass is 10.2. The van der Waals surface area contributed by atoms with Crippen LogP contribution in [-0.4, -0.2) is 36.5 Å². The van der Waals surface area contributed by atoms with Crippen LogP contribution in [0.1, 0.15) is 30.4 Å². The van der Waals surface area contributed by atoms with Crippen LogP contribution in [0.25, 0.3) is 0 Å². The number of carbonyl (C=O) groups excluding carboxylic acids is 1. The van der Waals surface area contributed by atoms with E-state index in [9.17, 15) is 9.18 Å². The van der Waals surface area contributed by atoms with Crippen molar-refractivity contribution in [3.8, 4) is 0 Å². The zero-order chi connectivity index (χ0) is 18.9. The molecule has 1 N–H and O–H groups in total. The van der Waals surface area contributed by atoms with Crippen molar-refractivity contribution >= 4 is 5.91 Å². The minimum absolute atomic E-state index is 0.0343. The van der Waals surface area contributed by atoms with Gasteiger partial charge >= 0.3 is 0 Å². The zero-order valence-corrected chi connectivity index (χ0v) is 15.6. The third-order valence-electron chi connectivity index (χ3n) is 4.61. The van der Waals surface area contributed by atoms with E-state index < -0.39 is 0 Å². The number of rotatable bonds is 11. The number of nitrogens with zero attached hydrogens (tertiary/aromatic N) is 1. The summed E-state index contributed by atoms with van der Waals surface area (Å²) >= 11 is 0. The van der Waals surface area contributed by atoms with Gasteiger partial charge in [0.15, 0.2) is 0 Å². The van der Waals surface area contributed by atoms with Gasteiger partial charge < -0.3 is 10.1 Å². The van der Waals surface area contributed by atoms with Crippen LogP contribution in [-0.2, 0) is 22.7 Å². The molecule has 0 spiro atoms. The van der Waals surface area contributed by atoms with Crippen LogP contribution in [0.3, 0.4) is 0 Å². The number of hydrogen-bond acceptors (Lipinski definition) is 3. The zero-order valence-electron chi connectivity index (χ0n) is 15.6. The van der Waals surface area contributed by atoms with Crippen molar-refractivity contribution in [2.24, 2.45) is 0 Å². The summed E-state index contributed by atoms with van der Waals surface area (Å²) in [5.41, 5.74) is 2.19. The summed E-state index contributed by atoms with van der Waals surface area (Å²) in [4.78, 5) is 14.4. The number of hydrogen-bond donors (Lipinski definition) is 1. The Morgan fingerprint density at radius 1 is 1.07 bits per heavy atom. The molecule has 1 aliphatic rings. The SMILES string of the molecule is O=C(CN(Cc1ccc(F)cc1)C1CC1)NCCCOCc1ccccc1. The average Bonchev–Trinajstić information content (AvgIpc) is 3.52. The minimum atomic E-state index is -0.232. The third-order valence-corrected chi connectivity index (χ3v) is 4.61. The molecule has 144 valence electrons. The van der Waals surface area contributed by atoms with Gasteiger partial charge in [-0.2, -0.15) is 0 Å². The van der Waals surface area contributed by atoms with E-state index in [4.69, 9.17) is 4.74 Å². The Morgan fingerprint density at radius 3 is 2.52 bits per heavy atom. The maximum Gasteiger partial charge on any atom is 0.234 e. The summed E-state index contributed by atoms with van der Waals surface area (Å²) in [6.45, 7) is 2.90. The van der Waals surface area contributed by atoms with Crippen LogP contribution in [0, 0.1) is 5.82 Å². The Balaban J connectivity index is 1.32. The molecule has 4 nitrogen and oxygen atoms in total. The molecule has 27 heavy (non-hydrogen) atoms. The number of halogens is 1. The summed E-state index contributed by atoms with van der Waals surface area (Å²) < 4.78 is 18.7. The first-order valence-electron chi connectivity index (χ1n) is 9.57. The van der Waals surface area contributed by atoms with E-state index in [1.54, 1.807) is 12.1 Å². The molecule has 0 aromatic heterocycles. The minimum Gasteiger partial charge on any atom is -0.377 e. The van der Waals surface area contributed by atoms with Crippen molar-refractivity contribution in [3.63, 3.8) is 0 Å². The Kier molecular flexibility index (Phi) is 7.36. The molecule has 3 rings (SSSR count). The molecule has 0 radical (unpaired) electrons. The van der Waals surface area contributed by atoms with E-state index in [2.05, 4.69) is 10.2 Å². The van der Waals surface area contributed by atoms with Gasteiger partial charge in [0.25, 0.3) is 0 Å². The van der Waals surface area contributed by atoms with E-state index >= 15 is 0 Å². The smallest absolute Gasteiger partial charge is 0.234 e. The highest BCUT2D eigenvalue weighted by atomic mass is 19.1. The van der Waals surface area contributed by atoms with Gasteiger partial charge in [-0.05, 0) is 42.5 Å². The molecule has 1 saturated carbocycles. The van der Waals surface area contributed by atoms with Crippen LogP contribution in [0.15, 0.2) is 54.6 Å². The van der Waals surface area contributed by atoms with E-state index in [-0.39, 0.29) is 11.7 Å². The Labute approximate surface area is 160 Å². The second kappa shape index (κ2) is 10.2. The average molecular weight is 370 g/mol. The van der Waals surface area contributed by atoms with E-state index in [0.29, 0.717) is 38.9 Å². The van der Waals surface area contributed by atoms with Gasteiger partial charge in [0.1, 0.15) is 5.82 Å². The summed E-state index contributed by atoms with van der Waals surface area (Å²) in [7, 11) is 0. The highest BCUT2D eigenvalue weighted by Crippen LogP contribution is 2.28. The van der Waals surface area contributed by atoms with Gasteiger partial charge in [0.05, 0.1) is 13.2 Å². The maximum atomic E-state index is 13.0. The molecule has 0 unspecified atom stereocenters. The molecule has 0 bridgehead atoms. The van der Waals surface area contributed by atoms with Gasteiger partial charge in [-0.15, -0.1) is 0 Å². The van der Waals surface area contributed by atoms with Crippen LogP contribution in [0.5, 0.6) is 0 Å². The van der Waals surface area contributed by atoms with Crippen molar-refractivity contribution in [3.05, 3.63) is 71.5 Å². The largest absolute Gasteiger partial charge is 0.377 e. The highest BCUT2D eigenvalue weighted by molar-refractivity contribution is 5.78. The van der Waals surface area contributed by atoms with Crippen molar-refractivity contribution in [2.75, 3.05) is 19.7 Å². The first-order chi connectivity index (χ1) is 13.2. The van der Waals surface area contributed by atoms with Gasteiger partial charge in [-0.3, -0.25) is 9.69 Å². The third kappa shape index (κ3) is 7.12. The van der Waals surface area contributed by atoms with E-state index in [1.807, 2.05) is 30.3 Å². The van der Waals surface area contributed by atoms with Crippen molar-refractivity contribution in [1.29, 1.82) is 0 Å².